The van der Waals surface area contributed by atoms with E-state index < -0.39 is 0 Å². The number of tetrazole rings is 1. The summed E-state index contributed by atoms with van der Waals surface area (Å²) in [6.45, 7) is 2.84. The van der Waals surface area contributed by atoms with E-state index in [0.29, 0.717) is 5.16 Å². The van der Waals surface area contributed by atoms with Crippen LogP contribution in [0.1, 0.15) is 6.92 Å². The second-order valence-electron chi connectivity index (χ2n) is 3.81. The van der Waals surface area contributed by atoms with Gasteiger partial charge in [0.2, 0.25) is 5.16 Å². The molecule has 0 aliphatic heterocycles. The zero-order valence-electron chi connectivity index (χ0n) is 10.5. The lowest BCUT2D eigenvalue weighted by atomic mass is 10.6. The quantitative estimate of drug-likeness (QED) is 0.755. The number of imidazole rings is 1. The third kappa shape index (κ3) is 2.24. The van der Waals surface area contributed by atoms with E-state index in [9.17, 15) is 0 Å². The molecule has 1 N–H and O–H groups in total. The van der Waals surface area contributed by atoms with Crippen molar-refractivity contribution in [2.24, 2.45) is 7.05 Å². The molecule has 3 rings (SSSR count). The summed E-state index contributed by atoms with van der Waals surface area (Å²) in [7, 11) is 1.79. The molecule has 9 heteroatoms. The number of hydrogen-bond donors (Lipinski definition) is 1. The van der Waals surface area contributed by atoms with Crippen molar-refractivity contribution in [2.75, 3.05) is 11.9 Å². The van der Waals surface area contributed by atoms with Gasteiger partial charge in [-0.25, -0.2) is 14.6 Å². The molecule has 0 fully saturated rings. The second kappa shape index (κ2) is 4.84. The van der Waals surface area contributed by atoms with Gasteiger partial charge in [0.25, 0.3) is 0 Å². The molecule has 8 nitrogen and oxygen atoms in total. The van der Waals surface area contributed by atoms with Crippen molar-refractivity contribution in [3.63, 3.8) is 0 Å². The summed E-state index contributed by atoms with van der Waals surface area (Å²) >= 11 is 1.39. The van der Waals surface area contributed by atoms with Gasteiger partial charge in [-0.15, -0.1) is 5.10 Å². The van der Waals surface area contributed by atoms with Gasteiger partial charge in [0, 0.05) is 26.0 Å². The Bertz CT molecular complexity index is 702. The third-order valence-corrected chi connectivity index (χ3v) is 3.47. The number of rotatable bonds is 4. The molecular formula is C10H12N8S. The number of fused-ring (bicyclic) bond motifs is 1. The van der Waals surface area contributed by atoms with Crippen LogP contribution in [-0.2, 0) is 7.05 Å². The standard InChI is InChI=1S/C10H12N8S/c1-3-11-7-6-18-5-4-12-8(18)9(13-7)19-10-14-15-16-17(10)2/h4-6,11H,3H2,1-2H3. The number of aromatic nitrogens is 7. The minimum Gasteiger partial charge on any atom is -0.369 e. The number of hydrogen-bond acceptors (Lipinski definition) is 7. The van der Waals surface area contributed by atoms with Gasteiger partial charge in [0.1, 0.15) is 10.8 Å². The van der Waals surface area contributed by atoms with Crippen LogP contribution >= 0.6 is 11.8 Å². The maximum Gasteiger partial charge on any atom is 0.215 e. The van der Waals surface area contributed by atoms with Crippen molar-refractivity contribution in [1.29, 1.82) is 0 Å². The number of anilines is 1. The monoisotopic (exact) mass is 276 g/mol. The van der Waals surface area contributed by atoms with E-state index in [1.807, 2.05) is 23.7 Å². The zero-order valence-corrected chi connectivity index (χ0v) is 11.3. The maximum atomic E-state index is 4.54. The molecule has 0 aliphatic rings. The van der Waals surface area contributed by atoms with Gasteiger partial charge in [-0.05, 0) is 29.1 Å². The second-order valence-corrected chi connectivity index (χ2v) is 4.76. The Morgan fingerprint density at radius 1 is 1.42 bits per heavy atom. The average molecular weight is 276 g/mol. The van der Waals surface area contributed by atoms with Crippen molar-refractivity contribution in [1.82, 2.24) is 34.6 Å². The fourth-order valence-corrected chi connectivity index (χ4v) is 2.44. The minimum atomic E-state index is 0.672. The number of nitrogens with zero attached hydrogens (tertiary/aromatic N) is 7. The molecule has 0 spiro atoms. The first-order valence-electron chi connectivity index (χ1n) is 5.75. The van der Waals surface area contributed by atoms with Crippen LogP contribution in [0, 0.1) is 0 Å². The smallest absolute Gasteiger partial charge is 0.215 e. The third-order valence-electron chi connectivity index (χ3n) is 2.47. The normalized spacial score (nSPS) is 11.1. The highest BCUT2D eigenvalue weighted by molar-refractivity contribution is 7.99. The zero-order chi connectivity index (χ0) is 13.2. The van der Waals surface area contributed by atoms with Crippen molar-refractivity contribution in [2.45, 2.75) is 17.1 Å². The molecule has 0 aromatic carbocycles. The average Bonchev–Trinajstić information content (AvgIpc) is 3.00. The Morgan fingerprint density at radius 2 is 2.32 bits per heavy atom. The van der Waals surface area contributed by atoms with Gasteiger partial charge >= 0.3 is 0 Å². The van der Waals surface area contributed by atoms with E-state index in [0.717, 1.165) is 23.0 Å². The Hall–Kier alpha value is -2.16. The molecule has 0 saturated carbocycles. The molecule has 0 bridgehead atoms. The van der Waals surface area contributed by atoms with Crippen LogP contribution in [0.5, 0.6) is 0 Å². The van der Waals surface area contributed by atoms with Crippen molar-refractivity contribution in [3.05, 3.63) is 18.6 Å². The SMILES string of the molecule is CCNc1cn2ccnc2c(Sc2nnnn2C)n1. The Labute approximate surface area is 113 Å². The van der Waals surface area contributed by atoms with Crippen molar-refractivity contribution in [3.8, 4) is 0 Å². The van der Waals surface area contributed by atoms with Gasteiger partial charge in [-0.2, -0.15) is 0 Å². The molecule has 0 amide bonds. The number of nitrogens with one attached hydrogen (secondary N) is 1. The van der Waals surface area contributed by atoms with Gasteiger partial charge < -0.3 is 9.72 Å². The molecular weight excluding hydrogens is 264 g/mol. The van der Waals surface area contributed by atoms with Crippen LogP contribution in [-0.4, -0.2) is 41.1 Å². The lowest BCUT2D eigenvalue weighted by molar-refractivity contribution is 0.664. The van der Waals surface area contributed by atoms with E-state index in [2.05, 4.69) is 30.8 Å². The van der Waals surface area contributed by atoms with E-state index in [1.165, 1.54) is 11.8 Å². The minimum absolute atomic E-state index is 0.672. The first-order chi connectivity index (χ1) is 9.28. The van der Waals surface area contributed by atoms with E-state index in [-0.39, 0.29) is 0 Å². The molecule has 0 saturated heterocycles. The highest BCUT2D eigenvalue weighted by Gasteiger charge is 2.12. The van der Waals surface area contributed by atoms with Gasteiger partial charge in [-0.1, -0.05) is 0 Å². The van der Waals surface area contributed by atoms with Crippen LogP contribution in [0.25, 0.3) is 5.65 Å². The molecule has 19 heavy (non-hydrogen) atoms. The van der Waals surface area contributed by atoms with Crippen LogP contribution < -0.4 is 5.32 Å². The van der Waals surface area contributed by atoms with E-state index >= 15 is 0 Å². The Balaban J connectivity index is 2.05. The highest BCUT2D eigenvalue weighted by atomic mass is 32.2. The summed E-state index contributed by atoms with van der Waals surface area (Å²) in [5, 5.41) is 16.0. The summed E-state index contributed by atoms with van der Waals surface area (Å²) in [5.41, 5.74) is 0.787. The predicted octanol–water partition coefficient (Wildman–Crippen LogP) is 0.836. The van der Waals surface area contributed by atoms with Crippen molar-refractivity contribution < 1.29 is 0 Å². The van der Waals surface area contributed by atoms with Gasteiger partial charge in [-0.3, -0.25) is 0 Å². The van der Waals surface area contributed by atoms with Crippen LogP contribution in [0.2, 0.25) is 0 Å². The lowest BCUT2D eigenvalue weighted by Crippen LogP contribution is -2.03. The summed E-state index contributed by atoms with van der Waals surface area (Å²) in [5.74, 6) is 0.797. The summed E-state index contributed by atoms with van der Waals surface area (Å²) in [6, 6.07) is 0. The lowest BCUT2D eigenvalue weighted by Gasteiger charge is -2.06. The molecule has 98 valence electrons. The Morgan fingerprint density at radius 3 is 3.05 bits per heavy atom. The molecule has 0 aliphatic carbocycles. The van der Waals surface area contributed by atoms with Gasteiger partial charge in [0.15, 0.2) is 5.65 Å². The molecule has 3 aromatic heterocycles. The fraction of sp³-hybridized carbons (Fsp3) is 0.300. The fourth-order valence-electron chi connectivity index (χ4n) is 1.63. The Kier molecular flexibility index (Phi) is 3.03. The largest absolute Gasteiger partial charge is 0.369 e. The van der Waals surface area contributed by atoms with Crippen molar-refractivity contribution >= 4 is 23.2 Å². The van der Waals surface area contributed by atoms with Crippen LogP contribution in [0.3, 0.4) is 0 Å². The molecule has 3 aromatic rings. The first-order valence-corrected chi connectivity index (χ1v) is 6.57. The number of aryl methyl sites for hydroxylation is 1. The summed E-state index contributed by atoms with van der Waals surface area (Å²) in [4.78, 5) is 8.84. The summed E-state index contributed by atoms with van der Waals surface area (Å²) < 4.78 is 3.53. The summed E-state index contributed by atoms with van der Waals surface area (Å²) in [6.07, 6.45) is 5.54. The topological polar surface area (TPSA) is 85.8 Å². The van der Waals surface area contributed by atoms with Crippen LogP contribution in [0.4, 0.5) is 5.82 Å². The molecule has 3 heterocycles. The highest BCUT2D eigenvalue weighted by Crippen LogP contribution is 2.27. The maximum absolute atomic E-state index is 4.54. The molecule has 0 unspecified atom stereocenters. The molecule has 0 radical (unpaired) electrons. The predicted molar refractivity (Wildman–Crippen MR) is 70.1 cm³/mol. The van der Waals surface area contributed by atoms with E-state index in [1.54, 1.807) is 17.9 Å². The van der Waals surface area contributed by atoms with Crippen LogP contribution in [0.15, 0.2) is 28.8 Å². The van der Waals surface area contributed by atoms with E-state index in [4.69, 9.17) is 0 Å². The molecule has 0 atom stereocenters. The first kappa shape index (κ1) is 11.9. The van der Waals surface area contributed by atoms with Gasteiger partial charge in [0.05, 0.1) is 6.20 Å².